The minimum Gasteiger partial charge on any atom is -0.496 e. The van der Waals surface area contributed by atoms with Gasteiger partial charge >= 0.3 is 5.97 Å². The minimum atomic E-state index is -0.595. The highest BCUT2D eigenvalue weighted by Gasteiger charge is 2.20. The van der Waals surface area contributed by atoms with Crippen LogP contribution in [0, 0.1) is 11.3 Å². The fraction of sp³-hybridized carbons (Fsp3) is 0.263. The average Bonchev–Trinajstić information content (AvgIpc) is 2.66. The first-order valence-electron chi connectivity index (χ1n) is 7.74. The van der Waals surface area contributed by atoms with E-state index in [0.29, 0.717) is 35.2 Å². The summed E-state index contributed by atoms with van der Waals surface area (Å²) in [5, 5.41) is 8.80. The average molecular weight is 341 g/mol. The molecule has 0 atom stereocenters. The number of nitrogens with zero attached hydrogens (tertiary/aromatic N) is 1. The van der Waals surface area contributed by atoms with Gasteiger partial charge in [-0.3, -0.25) is 0 Å². The summed E-state index contributed by atoms with van der Waals surface area (Å²) in [6, 6.07) is 11.4. The molecule has 0 amide bonds. The van der Waals surface area contributed by atoms with Crippen LogP contribution in [0.25, 0.3) is 0 Å². The molecule has 6 nitrogen and oxygen atoms in total. The summed E-state index contributed by atoms with van der Waals surface area (Å²) in [6.07, 6.45) is 0.841. The molecule has 0 heterocycles. The molecule has 6 heteroatoms. The Hall–Kier alpha value is -3.20. The molecule has 25 heavy (non-hydrogen) atoms. The highest BCUT2D eigenvalue weighted by Crippen LogP contribution is 2.35. The van der Waals surface area contributed by atoms with Gasteiger partial charge in [-0.05, 0) is 30.7 Å². The fourth-order valence-electron chi connectivity index (χ4n) is 2.11. The van der Waals surface area contributed by atoms with Crippen LogP contribution in [0.4, 0.5) is 0 Å². The van der Waals surface area contributed by atoms with E-state index < -0.39 is 5.97 Å². The van der Waals surface area contributed by atoms with Crippen molar-refractivity contribution in [3.63, 3.8) is 0 Å². The van der Waals surface area contributed by atoms with Crippen molar-refractivity contribution in [1.82, 2.24) is 0 Å². The predicted molar refractivity (Wildman–Crippen MR) is 91.4 cm³/mol. The topological polar surface area (TPSA) is 77.8 Å². The van der Waals surface area contributed by atoms with E-state index >= 15 is 0 Å². The maximum Gasteiger partial charge on any atom is 0.347 e. The molecule has 130 valence electrons. The number of carbonyl (C=O) groups is 1. The maximum atomic E-state index is 12.5. The lowest BCUT2D eigenvalue weighted by Crippen LogP contribution is -2.11. The Morgan fingerprint density at radius 2 is 1.72 bits per heavy atom. The van der Waals surface area contributed by atoms with Crippen LogP contribution in [0.1, 0.15) is 29.3 Å². The van der Waals surface area contributed by atoms with E-state index in [1.54, 1.807) is 30.3 Å². The molecular formula is C19H19NO5. The van der Waals surface area contributed by atoms with Crippen molar-refractivity contribution in [2.45, 2.75) is 13.3 Å². The quantitative estimate of drug-likeness (QED) is 0.566. The number of nitriles is 1. The number of benzene rings is 2. The van der Waals surface area contributed by atoms with Crippen molar-refractivity contribution in [3.8, 4) is 29.1 Å². The molecule has 2 aromatic carbocycles. The molecule has 0 saturated carbocycles. The molecule has 0 spiro atoms. The number of hydrogen-bond acceptors (Lipinski definition) is 6. The van der Waals surface area contributed by atoms with Crippen LogP contribution in [-0.2, 0) is 0 Å². The second-order valence-corrected chi connectivity index (χ2v) is 5.08. The van der Waals surface area contributed by atoms with Gasteiger partial charge in [0.05, 0.1) is 32.5 Å². The molecule has 0 radical (unpaired) electrons. The molecule has 0 aromatic heterocycles. The van der Waals surface area contributed by atoms with E-state index in [1.807, 2.05) is 13.0 Å². The first kappa shape index (κ1) is 18.1. The third-order valence-corrected chi connectivity index (χ3v) is 3.36. The Bertz CT molecular complexity index is 778. The molecule has 0 aliphatic carbocycles. The number of esters is 1. The van der Waals surface area contributed by atoms with E-state index in [0.717, 1.165) is 6.42 Å². The van der Waals surface area contributed by atoms with Crippen LogP contribution < -0.4 is 18.9 Å². The second-order valence-electron chi connectivity index (χ2n) is 5.08. The van der Waals surface area contributed by atoms with Gasteiger partial charge < -0.3 is 18.9 Å². The van der Waals surface area contributed by atoms with E-state index in [-0.39, 0.29) is 5.56 Å². The SMILES string of the molecule is CCCOc1cc(OC)c(C(=O)Oc2ccc(C#N)cc2)cc1OC. The molecule has 0 bridgehead atoms. The first-order chi connectivity index (χ1) is 12.1. The van der Waals surface area contributed by atoms with Gasteiger partial charge in [-0.1, -0.05) is 6.92 Å². The highest BCUT2D eigenvalue weighted by molar-refractivity contribution is 5.95. The Morgan fingerprint density at radius 1 is 1.04 bits per heavy atom. The standard InChI is InChI=1S/C19H19NO5/c1-4-9-24-18-11-16(22-2)15(10-17(18)23-3)19(21)25-14-7-5-13(12-20)6-8-14/h5-8,10-11H,4,9H2,1-3H3. The number of rotatable bonds is 7. The summed E-state index contributed by atoms with van der Waals surface area (Å²) in [6.45, 7) is 2.52. The van der Waals surface area contributed by atoms with Crippen LogP contribution in [0.15, 0.2) is 36.4 Å². The molecule has 0 saturated heterocycles. The van der Waals surface area contributed by atoms with Crippen molar-refractivity contribution in [2.75, 3.05) is 20.8 Å². The lowest BCUT2D eigenvalue weighted by atomic mass is 10.1. The molecule has 0 fully saturated rings. The van der Waals surface area contributed by atoms with Gasteiger partial charge in [0.2, 0.25) is 0 Å². The Kier molecular flexibility index (Phi) is 6.24. The molecule has 2 rings (SSSR count). The molecule has 0 aliphatic rings. The zero-order valence-electron chi connectivity index (χ0n) is 14.4. The molecule has 0 unspecified atom stereocenters. The van der Waals surface area contributed by atoms with Gasteiger partial charge in [-0.15, -0.1) is 0 Å². The normalized spacial score (nSPS) is 9.84. The van der Waals surface area contributed by atoms with Gasteiger partial charge in [0.1, 0.15) is 17.1 Å². The van der Waals surface area contributed by atoms with Gasteiger partial charge in [-0.25, -0.2) is 4.79 Å². The lowest BCUT2D eigenvalue weighted by molar-refractivity contribution is 0.0730. The predicted octanol–water partition coefficient (Wildman–Crippen LogP) is 3.58. The highest BCUT2D eigenvalue weighted by atomic mass is 16.5. The van der Waals surface area contributed by atoms with Crippen molar-refractivity contribution in [3.05, 3.63) is 47.5 Å². The number of hydrogen-bond donors (Lipinski definition) is 0. The largest absolute Gasteiger partial charge is 0.496 e. The lowest BCUT2D eigenvalue weighted by Gasteiger charge is -2.14. The Morgan fingerprint density at radius 3 is 2.28 bits per heavy atom. The van der Waals surface area contributed by atoms with Crippen LogP contribution in [0.5, 0.6) is 23.0 Å². The van der Waals surface area contributed by atoms with E-state index in [9.17, 15) is 4.79 Å². The number of methoxy groups -OCH3 is 2. The summed E-state index contributed by atoms with van der Waals surface area (Å²) in [4.78, 5) is 12.5. The van der Waals surface area contributed by atoms with Crippen LogP contribution >= 0.6 is 0 Å². The van der Waals surface area contributed by atoms with Gasteiger partial charge in [0.15, 0.2) is 11.5 Å². The van der Waals surface area contributed by atoms with Gasteiger partial charge in [0, 0.05) is 12.1 Å². The zero-order chi connectivity index (χ0) is 18.2. The van der Waals surface area contributed by atoms with Crippen LogP contribution in [0.2, 0.25) is 0 Å². The zero-order valence-corrected chi connectivity index (χ0v) is 14.4. The summed E-state index contributed by atoms with van der Waals surface area (Å²) < 4.78 is 21.5. The Balaban J connectivity index is 2.29. The van der Waals surface area contributed by atoms with Crippen LogP contribution in [0.3, 0.4) is 0 Å². The third kappa shape index (κ3) is 4.42. The summed E-state index contributed by atoms with van der Waals surface area (Å²) in [7, 11) is 2.96. The van der Waals surface area contributed by atoms with Gasteiger partial charge in [0.25, 0.3) is 0 Å². The summed E-state index contributed by atoms with van der Waals surface area (Å²) >= 11 is 0. The Labute approximate surface area is 146 Å². The van der Waals surface area contributed by atoms with Crippen molar-refractivity contribution in [1.29, 1.82) is 5.26 Å². The van der Waals surface area contributed by atoms with Crippen molar-refractivity contribution < 1.29 is 23.7 Å². The monoisotopic (exact) mass is 341 g/mol. The minimum absolute atomic E-state index is 0.215. The fourth-order valence-corrected chi connectivity index (χ4v) is 2.11. The number of ether oxygens (including phenoxy) is 4. The third-order valence-electron chi connectivity index (χ3n) is 3.36. The second kappa shape index (κ2) is 8.60. The molecular weight excluding hydrogens is 322 g/mol. The van der Waals surface area contributed by atoms with Gasteiger partial charge in [-0.2, -0.15) is 5.26 Å². The van der Waals surface area contributed by atoms with E-state index in [2.05, 4.69) is 0 Å². The summed E-state index contributed by atoms with van der Waals surface area (Å²) in [5.74, 6) is 0.973. The van der Waals surface area contributed by atoms with E-state index in [1.165, 1.54) is 20.3 Å². The van der Waals surface area contributed by atoms with E-state index in [4.69, 9.17) is 24.2 Å². The van der Waals surface area contributed by atoms with Crippen LogP contribution in [-0.4, -0.2) is 26.8 Å². The molecule has 0 N–H and O–H groups in total. The molecule has 0 aliphatic heterocycles. The number of carbonyl (C=O) groups excluding carboxylic acids is 1. The smallest absolute Gasteiger partial charge is 0.347 e. The maximum absolute atomic E-state index is 12.5. The van der Waals surface area contributed by atoms with Crippen molar-refractivity contribution >= 4 is 5.97 Å². The summed E-state index contributed by atoms with van der Waals surface area (Å²) in [5.41, 5.74) is 0.698. The molecule has 2 aromatic rings. The van der Waals surface area contributed by atoms with Crippen molar-refractivity contribution in [2.24, 2.45) is 0 Å². The first-order valence-corrected chi connectivity index (χ1v) is 7.74.